The molecule has 0 N–H and O–H groups in total. The van der Waals surface area contributed by atoms with Crippen molar-refractivity contribution in [1.82, 2.24) is 9.80 Å². The van der Waals surface area contributed by atoms with E-state index in [4.69, 9.17) is 25.8 Å². The molecule has 2 amide bonds. The Hall–Kier alpha value is -2.67. The molecule has 1 heterocycles. The summed E-state index contributed by atoms with van der Waals surface area (Å²) in [5.74, 6) is 0.690. The first-order valence-corrected chi connectivity index (χ1v) is 8.62. The van der Waals surface area contributed by atoms with Gasteiger partial charge in [0.25, 0.3) is 0 Å². The number of rotatable bonds is 3. The van der Waals surface area contributed by atoms with Crippen LogP contribution in [0, 0.1) is 0 Å². The van der Waals surface area contributed by atoms with Crippen molar-refractivity contribution in [2.45, 2.75) is 19.8 Å². The first kappa shape index (κ1) is 20.6. The molecular formula is C19H23ClN2O5. The molecule has 1 aliphatic heterocycles. The van der Waals surface area contributed by atoms with Gasteiger partial charge < -0.3 is 24.0 Å². The Kier molecular flexibility index (Phi) is 6.38. The summed E-state index contributed by atoms with van der Waals surface area (Å²) >= 11 is 6.00. The molecule has 7 nitrogen and oxygen atoms in total. The molecule has 146 valence electrons. The fourth-order valence-electron chi connectivity index (χ4n) is 2.45. The third kappa shape index (κ3) is 4.74. The second-order valence-electron chi connectivity index (χ2n) is 6.45. The molecule has 2 rings (SSSR count). The summed E-state index contributed by atoms with van der Waals surface area (Å²) in [5, 5.41) is 0.561. The van der Waals surface area contributed by atoms with Gasteiger partial charge in [-0.25, -0.2) is 9.59 Å². The third-order valence-electron chi connectivity index (χ3n) is 3.85. The summed E-state index contributed by atoms with van der Waals surface area (Å²) in [6.07, 6.45) is -1.13. The van der Waals surface area contributed by atoms with Crippen molar-refractivity contribution in [3.63, 3.8) is 0 Å². The highest BCUT2D eigenvalue weighted by Gasteiger charge is 2.36. The number of nitrogens with zero attached hydrogens (tertiary/aromatic N) is 2. The number of halogens is 1. The minimum absolute atomic E-state index is 0.253. The fraction of sp³-hybridized carbons (Fsp3) is 0.368. The Morgan fingerprint density at radius 2 is 1.30 bits per heavy atom. The number of benzene rings is 1. The highest BCUT2D eigenvalue weighted by molar-refractivity contribution is 6.30. The molecule has 1 aromatic rings. The topological polar surface area (TPSA) is 68.3 Å². The van der Waals surface area contributed by atoms with E-state index in [2.05, 4.69) is 0 Å². The van der Waals surface area contributed by atoms with Crippen molar-refractivity contribution in [2.24, 2.45) is 0 Å². The molecule has 0 atom stereocenters. The van der Waals surface area contributed by atoms with Gasteiger partial charge in [-0.1, -0.05) is 23.7 Å². The van der Waals surface area contributed by atoms with E-state index in [-0.39, 0.29) is 11.5 Å². The normalized spacial score (nSPS) is 14.6. The van der Waals surface area contributed by atoms with E-state index in [1.54, 1.807) is 66.3 Å². The molecule has 0 unspecified atom stereocenters. The van der Waals surface area contributed by atoms with E-state index in [0.717, 1.165) is 5.56 Å². The second kappa shape index (κ2) is 8.35. The van der Waals surface area contributed by atoms with Crippen LogP contribution in [0.5, 0.6) is 0 Å². The van der Waals surface area contributed by atoms with Crippen LogP contribution in [0.3, 0.4) is 0 Å². The van der Waals surface area contributed by atoms with Gasteiger partial charge in [-0.3, -0.25) is 0 Å². The average molecular weight is 395 g/mol. The average Bonchev–Trinajstić information content (AvgIpc) is 2.59. The lowest BCUT2D eigenvalue weighted by molar-refractivity contribution is 0.105. The second-order valence-corrected chi connectivity index (χ2v) is 6.89. The molecule has 0 radical (unpaired) electrons. The van der Waals surface area contributed by atoms with Crippen LogP contribution in [-0.4, -0.2) is 50.2 Å². The quantitative estimate of drug-likeness (QED) is 0.763. The minimum atomic E-state index is -0.635. The van der Waals surface area contributed by atoms with Crippen LogP contribution in [0.1, 0.15) is 25.3 Å². The van der Waals surface area contributed by atoms with Crippen LogP contribution in [0.2, 0.25) is 5.02 Å². The molecule has 0 fully saturated rings. The van der Waals surface area contributed by atoms with Gasteiger partial charge in [-0.15, -0.1) is 0 Å². The first-order chi connectivity index (χ1) is 12.6. The lowest BCUT2D eigenvalue weighted by Gasteiger charge is -2.30. The summed E-state index contributed by atoms with van der Waals surface area (Å²) in [4.78, 5) is 26.9. The van der Waals surface area contributed by atoms with Gasteiger partial charge in [0, 0.05) is 33.2 Å². The van der Waals surface area contributed by atoms with Gasteiger partial charge in [0.15, 0.2) is 11.5 Å². The number of carbonyl (C=O) groups is 2. The van der Waals surface area contributed by atoms with E-state index in [1.807, 2.05) is 0 Å². The molecule has 0 aliphatic carbocycles. The van der Waals surface area contributed by atoms with Crippen LogP contribution < -0.4 is 0 Å². The summed E-state index contributed by atoms with van der Waals surface area (Å²) in [6, 6.07) is 7.00. The van der Waals surface area contributed by atoms with Crippen LogP contribution in [0.25, 0.3) is 0 Å². The van der Waals surface area contributed by atoms with Crippen molar-refractivity contribution >= 4 is 23.8 Å². The van der Waals surface area contributed by atoms with Crippen molar-refractivity contribution in [3.05, 3.63) is 57.9 Å². The molecule has 0 spiro atoms. The molecule has 1 aliphatic rings. The standard InChI is InChI=1S/C19H23ClN2O5/c1-11-16(26-18(23)21(3)4)15(13-7-9-14(20)10-8-13)17(12(2)25-11)27-19(24)22(5)6/h7-10,15H,1-6H3. The van der Waals surface area contributed by atoms with E-state index < -0.39 is 18.1 Å². The highest BCUT2D eigenvalue weighted by atomic mass is 35.5. The molecule has 27 heavy (non-hydrogen) atoms. The van der Waals surface area contributed by atoms with E-state index in [9.17, 15) is 9.59 Å². The monoisotopic (exact) mass is 394 g/mol. The number of hydrogen-bond acceptors (Lipinski definition) is 5. The highest BCUT2D eigenvalue weighted by Crippen LogP contribution is 2.42. The van der Waals surface area contributed by atoms with Gasteiger partial charge in [-0.05, 0) is 31.5 Å². The fourth-order valence-corrected chi connectivity index (χ4v) is 2.57. The predicted octanol–water partition coefficient (Wildman–Crippen LogP) is 4.31. The Bertz CT molecular complexity index is 753. The van der Waals surface area contributed by atoms with Crippen molar-refractivity contribution in [1.29, 1.82) is 0 Å². The molecule has 1 aromatic carbocycles. The molecule has 0 saturated heterocycles. The Labute approximate surface area is 163 Å². The predicted molar refractivity (Wildman–Crippen MR) is 101 cm³/mol. The molecule has 0 bridgehead atoms. The van der Waals surface area contributed by atoms with Gasteiger partial charge in [-0.2, -0.15) is 0 Å². The summed E-state index contributed by atoms with van der Waals surface area (Å²) in [5.41, 5.74) is 0.740. The lowest BCUT2D eigenvalue weighted by atomic mass is 9.92. The molecule has 0 aromatic heterocycles. The summed E-state index contributed by atoms with van der Waals surface area (Å²) in [7, 11) is 6.31. The number of amides is 2. The van der Waals surface area contributed by atoms with Crippen LogP contribution in [0.15, 0.2) is 47.3 Å². The van der Waals surface area contributed by atoms with Crippen LogP contribution in [0.4, 0.5) is 9.59 Å². The lowest BCUT2D eigenvalue weighted by Crippen LogP contribution is -2.30. The minimum Gasteiger partial charge on any atom is -0.460 e. The maximum atomic E-state index is 12.2. The Morgan fingerprint density at radius 3 is 1.67 bits per heavy atom. The zero-order valence-electron chi connectivity index (χ0n) is 16.2. The van der Waals surface area contributed by atoms with Gasteiger partial charge in [0.2, 0.25) is 0 Å². The van der Waals surface area contributed by atoms with Crippen LogP contribution >= 0.6 is 11.6 Å². The van der Waals surface area contributed by atoms with Crippen molar-refractivity contribution in [2.75, 3.05) is 28.2 Å². The third-order valence-corrected chi connectivity index (χ3v) is 4.10. The van der Waals surface area contributed by atoms with E-state index in [1.165, 1.54) is 9.80 Å². The van der Waals surface area contributed by atoms with Crippen molar-refractivity contribution in [3.8, 4) is 0 Å². The Morgan fingerprint density at radius 1 is 0.889 bits per heavy atom. The number of allylic oxidation sites excluding steroid dienone is 2. The van der Waals surface area contributed by atoms with E-state index >= 15 is 0 Å². The maximum absolute atomic E-state index is 12.2. The maximum Gasteiger partial charge on any atom is 0.414 e. The SMILES string of the molecule is CC1=C(OC(=O)N(C)C)C(c2ccc(Cl)cc2)C(OC(=O)N(C)C)=C(C)O1. The number of carbonyl (C=O) groups excluding carboxylic acids is 2. The molecule has 0 saturated carbocycles. The Balaban J connectivity index is 2.53. The van der Waals surface area contributed by atoms with Gasteiger partial charge in [0.05, 0.1) is 0 Å². The largest absolute Gasteiger partial charge is 0.460 e. The zero-order chi connectivity index (χ0) is 20.3. The summed E-state index contributed by atoms with van der Waals surface area (Å²) in [6.45, 7) is 3.38. The number of ether oxygens (including phenoxy) is 3. The van der Waals surface area contributed by atoms with Gasteiger partial charge >= 0.3 is 12.2 Å². The smallest absolute Gasteiger partial charge is 0.414 e. The molecule has 8 heteroatoms. The zero-order valence-corrected chi connectivity index (χ0v) is 17.0. The molecular weight excluding hydrogens is 372 g/mol. The first-order valence-electron chi connectivity index (χ1n) is 8.25. The van der Waals surface area contributed by atoms with E-state index in [0.29, 0.717) is 16.5 Å². The van der Waals surface area contributed by atoms with Gasteiger partial charge in [0.1, 0.15) is 17.4 Å². The number of hydrogen-bond donors (Lipinski definition) is 0. The van der Waals surface area contributed by atoms with Crippen LogP contribution in [-0.2, 0) is 14.2 Å². The van der Waals surface area contributed by atoms with Crippen molar-refractivity contribution < 1.29 is 23.8 Å². The summed E-state index contributed by atoms with van der Waals surface area (Å²) < 4.78 is 16.8.